The van der Waals surface area contributed by atoms with Gasteiger partial charge in [-0.15, -0.1) is 10.2 Å². The molecular formula is C26H26F7N7O5. The van der Waals surface area contributed by atoms with Crippen LogP contribution in [0.2, 0.25) is 0 Å². The highest BCUT2D eigenvalue weighted by atomic mass is 19.4. The smallest absolute Gasteiger partial charge is 0.491 e. The number of alkyl halides is 6. The zero-order valence-electron chi connectivity index (χ0n) is 24.2. The predicted octanol–water partition coefficient (Wildman–Crippen LogP) is 4.77. The number of nitrogens with one attached hydrogen (secondary N) is 2. The van der Waals surface area contributed by atoms with Gasteiger partial charge in [-0.3, -0.25) is 10.00 Å². The fourth-order valence-electron chi connectivity index (χ4n) is 5.14. The number of likely N-dealkylation sites (tertiary alicyclic amines) is 1. The van der Waals surface area contributed by atoms with Crippen LogP contribution in [0.3, 0.4) is 0 Å². The molecule has 1 aliphatic heterocycles. The molecule has 0 atom stereocenters. The van der Waals surface area contributed by atoms with E-state index in [-0.39, 0.29) is 23.1 Å². The molecular weight excluding hydrogens is 623 g/mol. The molecule has 0 saturated carbocycles. The van der Waals surface area contributed by atoms with Gasteiger partial charge < -0.3 is 19.9 Å². The van der Waals surface area contributed by atoms with Gasteiger partial charge in [0, 0.05) is 22.7 Å². The van der Waals surface area contributed by atoms with Crippen molar-refractivity contribution in [2.75, 3.05) is 12.4 Å². The van der Waals surface area contributed by atoms with Crippen LogP contribution in [0.5, 0.6) is 17.2 Å². The summed E-state index contributed by atoms with van der Waals surface area (Å²) in [7, 11) is 1.99. The van der Waals surface area contributed by atoms with Crippen LogP contribution >= 0.6 is 0 Å². The van der Waals surface area contributed by atoms with Gasteiger partial charge in [-0.2, -0.15) is 35.8 Å². The minimum atomic E-state index is -5.72. The van der Waals surface area contributed by atoms with Crippen LogP contribution in [0.4, 0.5) is 36.7 Å². The number of halogens is 7. The van der Waals surface area contributed by atoms with Crippen LogP contribution in [0.1, 0.15) is 40.5 Å². The van der Waals surface area contributed by atoms with Crippen molar-refractivity contribution in [3.8, 4) is 39.6 Å². The molecule has 1 saturated heterocycles. The molecule has 0 spiro atoms. The third-order valence-corrected chi connectivity index (χ3v) is 7.41. The third kappa shape index (κ3) is 6.91. The Balaban J connectivity index is 1.84. The molecule has 0 amide bonds. The van der Waals surface area contributed by atoms with Crippen LogP contribution in [0.25, 0.3) is 22.4 Å². The number of hydrogen-bond acceptors (Lipinski definition) is 11. The number of aromatic hydroxyl groups is 1. The van der Waals surface area contributed by atoms with Crippen molar-refractivity contribution in [2.45, 2.75) is 70.0 Å². The molecule has 0 unspecified atom stereocenters. The molecule has 19 heteroatoms. The summed E-state index contributed by atoms with van der Waals surface area (Å²) in [6.45, 7) is 8.17. The summed E-state index contributed by atoms with van der Waals surface area (Å²) < 4.78 is 102. The molecule has 2 aromatic heterocycles. The highest BCUT2D eigenvalue weighted by molar-refractivity contribution is 5.92. The van der Waals surface area contributed by atoms with Gasteiger partial charge in [-0.1, -0.05) is 0 Å². The van der Waals surface area contributed by atoms with Crippen LogP contribution in [-0.2, 0) is 9.59 Å². The highest BCUT2D eigenvalue weighted by Crippen LogP contribution is 2.50. The molecule has 1 fully saturated rings. The maximum atomic E-state index is 14.4. The lowest BCUT2D eigenvalue weighted by Gasteiger charge is -2.53. The molecule has 0 bridgehead atoms. The first-order valence-electron chi connectivity index (χ1n) is 13.0. The topological polar surface area (TPSA) is 155 Å². The van der Waals surface area contributed by atoms with Gasteiger partial charge in [0.2, 0.25) is 11.9 Å². The lowest BCUT2D eigenvalue weighted by Crippen LogP contribution is -2.61. The summed E-state index contributed by atoms with van der Waals surface area (Å²) in [5.74, 6) is -11.5. The number of carbonyl (C=O) groups is 2. The van der Waals surface area contributed by atoms with Gasteiger partial charge in [0.25, 0.3) is 0 Å². The number of benzene rings is 1. The van der Waals surface area contributed by atoms with E-state index >= 15 is 0 Å². The van der Waals surface area contributed by atoms with E-state index in [9.17, 15) is 45.4 Å². The van der Waals surface area contributed by atoms with Crippen molar-refractivity contribution in [1.82, 2.24) is 30.3 Å². The normalized spacial score (nSPS) is 17.2. The van der Waals surface area contributed by atoms with Gasteiger partial charge in [0.1, 0.15) is 11.4 Å². The molecule has 3 heterocycles. The zero-order chi connectivity index (χ0) is 33.7. The minimum absolute atomic E-state index is 0.0472. The average molecular weight is 650 g/mol. The summed E-state index contributed by atoms with van der Waals surface area (Å²) in [4.78, 5) is 30.0. The number of rotatable bonds is 6. The molecule has 0 radical (unpaired) electrons. The first-order chi connectivity index (χ1) is 20.6. The van der Waals surface area contributed by atoms with E-state index in [2.05, 4.69) is 40.0 Å². The van der Waals surface area contributed by atoms with Crippen molar-refractivity contribution < 1.29 is 54.9 Å². The van der Waals surface area contributed by atoms with E-state index in [1.54, 1.807) is 5.10 Å². The second-order valence-electron chi connectivity index (χ2n) is 11.4. The molecule has 4 rings (SSSR count). The van der Waals surface area contributed by atoms with E-state index < -0.39 is 69.9 Å². The third-order valence-electron chi connectivity index (χ3n) is 7.41. The van der Waals surface area contributed by atoms with E-state index in [1.165, 1.54) is 0 Å². The number of hydrogen-bond donors (Lipinski definition) is 3. The van der Waals surface area contributed by atoms with Gasteiger partial charge in [-0.25, -0.2) is 14.6 Å². The largest absolute Gasteiger partial charge is 0.507 e. The summed E-state index contributed by atoms with van der Waals surface area (Å²) in [5.41, 5.74) is -3.77. The van der Waals surface area contributed by atoms with Crippen molar-refractivity contribution in [2.24, 2.45) is 0 Å². The van der Waals surface area contributed by atoms with Crippen LogP contribution in [-0.4, -0.2) is 83.8 Å². The molecule has 45 heavy (non-hydrogen) atoms. The van der Waals surface area contributed by atoms with E-state index in [1.807, 2.05) is 34.7 Å². The number of nitrogens with zero attached hydrogens (tertiary/aromatic N) is 5. The van der Waals surface area contributed by atoms with Crippen molar-refractivity contribution in [3.05, 3.63) is 24.4 Å². The number of aromatic nitrogens is 5. The zero-order valence-corrected chi connectivity index (χ0v) is 24.2. The monoisotopic (exact) mass is 649 g/mol. The number of anilines is 1. The molecule has 1 aliphatic rings. The van der Waals surface area contributed by atoms with Gasteiger partial charge >= 0.3 is 24.3 Å². The summed E-state index contributed by atoms with van der Waals surface area (Å²) >= 11 is 0. The molecule has 0 aliphatic carbocycles. The number of ether oxygens (including phenoxy) is 2. The summed E-state index contributed by atoms with van der Waals surface area (Å²) in [5, 5.41) is 26.7. The first kappa shape index (κ1) is 33.3. The Labute approximate surface area is 249 Å². The fourth-order valence-corrected chi connectivity index (χ4v) is 5.14. The van der Waals surface area contributed by atoms with Crippen LogP contribution in [0, 0.1) is 5.95 Å². The minimum Gasteiger partial charge on any atom is -0.507 e. The quantitative estimate of drug-likeness (QED) is 0.192. The van der Waals surface area contributed by atoms with Crippen molar-refractivity contribution in [1.29, 1.82) is 0 Å². The maximum Gasteiger partial charge on any atom is 0.491 e. The standard InChI is InChI=1S/C26H26F7N7O5/c1-23(2)7-11(8-24(3,4)40(23)5)36-22-34-10-14(37-39-22)16-15(41)6-12(13-9-35-38-19(13)27)17(44-20(42)25(28,29)30)18(16)45-21(43)26(31,32)33/h6,9-11,41H,7-8H2,1-5H3,(H,35,38)(H,34,36,39). The second kappa shape index (κ2) is 11.4. The van der Waals surface area contributed by atoms with Crippen LogP contribution in [0.15, 0.2) is 18.5 Å². The Kier molecular flexibility index (Phi) is 8.47. The average Bonchev–Trinajstić information content (AvgIpc) is 3.33. The predicted molar refractivity (Wildman–Crippen MR) is 140 cm³/mol. The Bertz CT molecular complexity index is 1590. The molecule has 3 N–H and O–H groups in total. The van der Waals surface area contributed by atoms with Crippen LogP contribution < -0.4 is 14.8 Å². The number of phenolic OH excluding ortho intramolecular Hbond substituents is 1. The SMILES string of the molecule is CN1C(C)(C)CC(Nc2ncc(-c3c(O)cc(-c4cn[nH]c4F)c(OC(=O)C(F)(F)F)c3OC(=O)C(F)(F)F)nn2)CC1(C)C. The number of esters is 2. The van der Waals surface area contributed by atoms with Gasteiger partial charge in [-0.05, 0) is 53.7 Å². The van der Waals surface area contributed by atoms with Gasteiger partial charge in [0.05, 0.1) is 23.5 Å². The molecule has 1 aromatic carbocycles. The fraction of sp³-hybridized carbons (Fsp3) is 0.462. The summed E-state index contributed by atoms with van der Waals surface area (Å²) in [6.07, 6.45) is -8.60. The number of carbonyl (C=O) groups excluding carboxylic acids is 2. The first-order valence-corrected chi connectivity index (χ1v) is 13.0. The Morgan fingerprint density at radius 2 is 1.51 bits per heavy atom. The Hall–Kier alpha value is -4.55. The van der Waals surface area contributed by atoms with E-state index in [0.717, 1.165) is 6.20 Å². The number of aromatic amines is 1. The Morgan fingerprint density at radius 3 is 1.98 bits per heavy atom. The van der Waals surface area contributed by atoms with E-state index in [0.29, 0.717) is 25.1 Å². The molecule has 3 aromatic rings. The highest BCUT2D eigenvalue weighted by Gasteiger charge is 2.46. The number of H-pyrrole nitrogens is 1. The number of phenols is 1. The van der Waals surface area contributed by atoms with E-state index in [4.69, 9.17) is 0 Å². The lowest BCUT2D eigenvalue weighted by atomic mass is 9.77. The van der Waals surface area contributed by atoms with Crippen molar-refractivity contribution in [3.63, 3.8) is 0 Å². The molecule has 244 valence electrons. The maximum absolute atomic E-state index is 14.4. The second-order valence-corrected chi connectivity index (χ2v) is 11.4. The lowest BCUT2D eigenvalue weighted by molar-refractivity contribution is -0.191. The van der Waals surface area contributed by atoms with Gasteiger partial charge in [0.15, 0.2) is 11.5 Å². The summed E-state index contributed by atoms with van der Waals surface area (Å²) in [6, 6.07) is 0.386. The Morgan fingerprint density at radius 1 is 0.956 bits per heavy atom. The molecule has 12 nitrogen and oxygen atoms in total. The van der Waals surface area contributed by atoms with Crippen molar-refractivity contribution >= 4 is 17.9 Å². The number of piperidine rings is 1.